The molecule has 0 spiro atoms. The Labute approximate surface area is 159 Å². The Balaban J connectivity index is 2.01. The summed E-state index contributed by atoms with van der Waals surface area (Å²) in [6, 6.07) is 8.79. The molecule has 0 atom stereocenters. The topological polar surface area (TPSA) is 88.5 Å². The van der Waals surface area contributed by atoms with Gasteiger partial charge in [-0.3, -0.25) is 4.79 Å². The molecular weight excluding hydrogens is 363 g/mol. The molecule has 0 radical (unpaired) electrons. The fraction of sp³-hybridized carbons (Fsp3) is 0.143. The third-order valence-corrected chi connectivity index (χ3v) is 4.67. The van der Waals surface area contributed by atoms with Gasteiger partial charge in [0.2, 0.25) is 0 Å². The maximum absolute atomic E-state index is 13.3. The molecule has 0 aliphatic heterocycles. The molecule has 4 rings (SSSR count). The number of aromatic nitrogens is 1. The Kier molecular flexibility index (Phi) is 4.15. The predicted molar refractivity (Wildman–Crippen MR) is 102 cm³/mol. The number of furan rings is 1. The van der Waals surface area contributed by atoms with E-state index in [1.165, 1.54) is 37.4 Å². The van der Waals surface area contributed by atoms with Crippen LogP contribution in [0.1, 0.15) is 21.8 Å². The summed E-state index contributed by atoms with van der Waals surface area (Å²) < 4.78 is 24.5. The standard InChI is InChI=1S/C21H17FN2O4/c1-10-18(11(2)28-24-10)14-9-17-15(8-16(14)25)19(21(26)23-3)20(27-17)12-4-6-13(22)7-5-12/h4-9,25H,1-3H3,(H,23,26). The molecule has 2 aromatic carbocycles. The highest BCUT2D eigenvalue weighted by molar-refractivity contribution is 6.12. The number of hydrogen-bond acceptors (Lipinski definition) is 5. The van der Waals surface area contributed by atoms with Gasteiger partial charge in [-0.2, -0.15) is 0 Å². The second-order valence-electron chi connectivity index (χ2n) is 6.46. The Hall–Kier alpha value is -3.61. The summed E-state index contributed by atoms with van der Waals surface area (Å²) >= 11 is 0. The number of hydrogen-bond donors (Lipinski definition) is 2. The van der Waals surface area contributed by atoms with Crippen molar-refractivity contribution in [2.24, 2.45) is 0 Å². The van der Waals surface area contributed by atoms with Crippen molar-refractivity contribution in [2.45, 2.75) is 13.8 Å². The fourth-order valence-electron chi connectivity index (χ4n) is 3.35. The lowest BCUT2D eigenvalue weighted by Crippen LogP contribution is -2.18. The van der Waals surface area contributed by atoms with E-state index in [2.05, 4.69) is 10.5 Å². The van der Waals surface area contributed by atoms with Crippen LogP contribution in [0.4, 0.5) is 4.39 Å². The van der Waals surface area contributed by atoms with Crippen molar-refractivity contribution >= 4 is 16.9 Å². The van der Waals surface area contributed by atoms with Gasteiger partial charge >= 0.3 is 0 Å². The lowest BCUT2D eigenvalue weighted by atomic mass is 9.99. The van der Waals surface area contributed by atoms with Crippen molar-refractivity contribution in [1.29, 1.82) is 0 Å². The van der Waals surface area contributed by atoms with Crippen molar-refractivity contribution < 1.29 is 23.2 Å². The number of halogens is 1. The minimum absolute atomic E-state index is 0.0292. The quantitative estimate of drug-likeness (QED) is 0.543. The number of carbonyl (C=O) groups is 1. The van der Waals surface area contributed by atoms with E-state index < -0.39 is 0 Å². The summed E-state index contributed by atoms with van der Waals surface area (Å²) in [5.41, 5.74) is 3.02. The Bertz CT molecular complexity index is 1190. The second-order valence-corrected chi connectivity index (χ2v) is 6.46. The molecule has 7 heteroatoms. The van der Waals surface area contributed by atoms with E-state index >= 15 is 0 Å². The van der Waals surface area contributed by atoms with Crippen LogP contribution in [-0.2, 0) is 0 Å². The molecule has 4 aromatic rings. The number of nitrogens with one attached hydrogen (secondary N) is 1. The molecule has 142 valence electrons. The van der Waals surface area contributed by atoms with Crippen LogP contribution < -0.4 is 5.32 Å². The first-order chi connectivity index (χ1) is 13.4. The summed E-state index contributed by atoms with van der Waals surface area (Å²) in [5.74, 6) is 0.0643. The number of aromatic hydroxyl groups is 1. The van der Waals surface area contributed by atoms with E-state index in [-0.39, 0.29) is 23.0 Å². The third-order valence-electron chi connectivity index (χ3n) is 4.67. The molecule has 0 aliphatic rings. The zero-order chi connectivity index (χ0) is 20.0. The normalized spacial score (nSPS) is 11.1. The predicted octanol–water partition coefficient (Wildman–Crippen LogP) is 4.58. The van der Waals surface area contributed by atoms with E-state index in [9.17, 15) is 14.3 Å². The van der Waals surface area contributed by atoms with Crippen molar-refractivity contribution in [1.82, 2.24) is 10.5 Å². The van der Waals surface area contributed by atoms with Gasteiger partial charge in [0.15, 0.2) is 0 Å². The Morgan fingerprint density at radius 1 is 1.18 bits per heavy atom. The van der Waals surface area contributed by atoms with Crippen LogP contribution in [0.2, 0.25) is 0 Å². The monoisotopic (exact) mass is 380 g/mol. The number of phenols is 1. The first-order valence-electron chi connectivity index (χ1n) is 8.61. The van der Waals surface area contributed by atoms with E-state index in [4.69, 9.17) is 8.94 Å². The highest BCUT2D eigenvalue weighted by Crippen LogP contribution is 2.41. The summed E-state index contributed by atoms with van der Waals surface area (Å²) in [6.07, 6.45) is 0. The molecule has 0 bridgehead atoms. The van der Waals surface area contributed by atoms with Gasteiger partial charge < -0.3 is 19.4 Å². The molecule has 2 heterocycles. The number of nitrogens with zero attached hydrogens (tertiary/aromatic N) is 1. The number of fused-ring (bicyclic) bond motifs is 1. The molecule has 6 nitrogen and oxygen atoms in total. The average Bonchev–Trinajstić information content (AvgIpc) is 3.20. The van der Waals surface area contributed by atoms with Crippen LogP contribution in [0.5, 0.6) is 5.75 Å². The maximum atomic E-state index is 13.3. The summed E-state index contributed by atoms with van der Waals surface area (Å²) in [5, 5.41) is 17.6. The van der Waals surface area contributed by atoms with Gasteiger partial charge in [-0.15, -0.1) is 0 Å². The molecule has 0 unspecified atom stereocenters. The SMILES string of the molecule is CNC(=O)c1c(-c2ccc(F)cc2)oc2cc(-c3c(C)noc3C)c(O)cc12. The minimum Gasteiger partial charge on any atom is -0.507 e. The van der Waals surface area contributed by atoms with Crippen molar-refractivity contribution in [3.8, 4) is 28.2 Å². The van der Waals surface area contributed by atoms with E-state index in [0.717, 1.165) is 0 Å². The van der Waals surface area contributed by atoms with Crippen molar-refractivity contribution in [3.05, 3.63) is 59.2 Å². The molecule has 28 heavy (non-hydrogen) atoms. The number of carbonyl (C=O) groups excluding carboxylic acids is 1. The first-order valence-corrected chi connectivity index (χ1v) is 8.61. The van der Waals surface area contributed by atoms with E-state index in [1.54, 1.807) is 19.9 Å². The molecule has 0 saturated heterocycles. The Morgan fingerprint density at radius 3 is 2.50 bits per heavy atom. The van der Waals surface area contributed by atoms with Crippen LogP contribution in [0.15, 0.2) is 45.3 Å². The van der Waals surface area contributed by atoms with E-state index in [0.29, 0.717) is 44.9 Å². The van der Waals surface area contributed by atoms with Gasteiger partial charge in [-0.1, -0.05) is 5.16 Å². The number of benzene rings is 2. The zero-order valence-electron chi connectivity index (χ0n) is 15.5. The molecular formula is C21H17FN2O4. The highest BCUT2D eigenvalue weighted by atomic mass is 19.1. The molecule has 2 aromatic heterocycles. The highest BCUT2D eigenvalue weighted by Gasteiger charge is 2.24. The third kappa shape index (κ3) is 2.72. The summed E-state index contributed by atoms with van der Waals surface area (Å²) in [6.45, 7) is 3.53. The van der Waals surface area contributed by atoms with Crippen molar-refractivity contribution in [3.63, 3.8) is 0 Å². The van der Waals surface area contributed by atoms with Gasteiger partial charge in [-0.25, -0.2) is 4.39 Å². The van der Waals surface area contributed by atoms with Gasteiger partial charge in [0.1, 0.15) is 28.7 Å². The zero-order valence-corrected chi connectivity index (χ0v) is 15.5. The van der Waals surface area contributed by atoms with E-state index in [1.807, 2.05) is 0 Å². The van der Waals surface area contributed by atoms with Gasteiger partial charge in [0.25, 0.3) is 5.91 Å². The Morgan fingerprint density at radius 2 is 1.89 bits per heavy atom. The van der Waals surface area contributed by atoms with Crippen LogP contribution in [0.25, 0.3) is 33.4 Å². The van der Waals surface area contributed by atoms with Crippen LogP contribution in [0.3, 0.4) is 0 Å². The first kappa shape index (κ1) is 17.8. The molecule has 0 aliphatic carbocycles. The average molecular weight is 380 g/mol. The summed E-state index contributed by atoms with van der Waals surface area (Å²) in [4.78, 5) is 12.5. The summed E-state index contributed by atoms with van der Waals surface area (Å²) in [7, 11) is 1.51. The minimum atomic E-state index is -0.389. The maximum Gasteiger partial charge on any atom is 0.255 e. The fourth-order valence-corrected chi connectivity index (χ4v) is 3.35. The van der Waals surface area contributed by atoms with Crippen molar-refractivity contribution in [2.75, 3.05) is 7.05 Å². The molecule has 1 amide bonds. The lowest BCUT2D eigenvalue weighted by Gasteiger charge is -2.05. The van der Waals surface area contributed by atoms with Crippen LogP contribution in [-0.4, -0.2) is 23.2 Å². The number of rotatable bonds is 3. The van der Waals surface area contributed by atoms with Gasteiger partial charge in [-0.05, 0) is 50.2 Å². The smallest absolute Gasteiger partial charge is 0.255 e. The number of aryl methyl sites for hydroxylation is 2. The second kappa shape index (κ2) is 6.53. The van der Waals surface area contributed by atoms with Gasteiger partial charge in [0.05, 0.1) is 16.8 Å². The molecule has 0 saturated carbocycles. The lowest BCUT2D eigenvalue weighted by molar-refractivity contribution is 0.0964. The number of amides is 1. The van der Waals surface area contributed by atoms with Crippen LogP contribution >= 0.6 is 0 Å². The largest absolute Gasteiger partial charge is 0.507 e. The molecule has 2 N–H and O–H groups in total. The van der Waals surface area contributed by atoms with Gasteiger partial charge in [0, 0.05) is 23.6 Å². The number of phenolic OH excluding ortho intramolecular Hbond substituents is 1. The molecule has 0 fully saturated rings. The van der Waals surface area contributed by atoms with Crippen LogP contribution in [0, 0.1) is 19.7 Å².